The molecule has 37 heavy (non-hydrogen) atoms. The van der Waals surface area contributed by atoms with E-state index in [2.05, 4.69) is 30.9 Å². The molecule has 2 aliphatic heterocycles. The van der Waals surface area contributed by atoms with Gasteiger partial charge in [0, 0.05) is 5.38 Å². The molecule has 200 valence electrons. The Morgan fingerprint density at radius 3 is 2.11 bits per heavy atom. The second-order valence-corrected chi connectivity index (χ2v) is 11.4. The van der Waals surface area contributed by atoms with E-state index in [0.29, 0.717) is 10.9 Å². The largest absolute Gasteiger partial charge is 0.474 e. The average Bonchev–Trinajstić information content (AvgIpc) is 3.57. The molecule has 12 heteroatoms. The van der Waals surface area contributed by atoms with Gasteiger partial charge in [-0.05, 0) is 24.7 Å². The van der Waals surface area contributed by atoms with E-state index >= 15 is 0 Å². The minimum atomic E-state index is -0.816. The number of oxazole rings is 1. The van der Waals surface area contributed by atoms with Gasteiger partial charge in [-0.25, -0.2) is 15.0 Å². The third kappa shape index (κ3) is 5.53. The number of carbonyl (C=O) groups is 3. The quantitative estimate of drug-likeness (QED) is 0.552. The highest BCUT2D eigenvalue weighted by atomic mass is 32.1. The van der Waals surface area contributed by atoms with Crippen LogP contribution in [-0.2, 0) is 9.53 Å². The summed E-state index contributed by atoms with van der Waals surface area (Å²) in [7, 11) is 0. The number of carbonyl (C=O) groups excluding carboxylic acids is 3. The lowest BCUT2D eigenvalue weighted by atomic mass is 10.0. The first-order chi connectivity index (χ1) is 17.5. The minimum absolute atomic E-state index is 0.00578. The van der Waals surface area contributed by atoms with Gasteiger partial charge in [-0.3, -0.25) is 14.4 Å². The molecule has 2 aromatic heterocycles. The number of amides is 3. The van der Waals surface area contributed by atoms with Crippen molar-refractivity contribution >= 4 is 35.0 Å². The highest BCUT2D eigenvalue weighted by Crippen LogP contribution is 2.28. The highest BCUT2D eigenvalue weighted by Gasteiger charge is 2.39. The molecule has 3 N–H and O–H groups in total. The van der Waals surface area contributed by atoms with E-state index < -0.39 is 36.2 Å². The van der Waals surface area contributed by atoms with Crippen molar-refractivity contribution in [1.82, 2.24) is 25.9 Å². The van der Waals surface area contributed by atoms with Crippen molar-refractivity contribution in [2.24, 2.45) is 22.7 Å². The molecule has 0 radical (unpaired) electrons. The third-order valence-electron chi connectivity index (χ3n) is 6.46. The van der Waals surface area contributed by atoms with Crippen LogP contribution >= 0.6 is 11.3 Å². The zero-order valence-corrected chi connectivity index (χ0v) is 22.9. The molecular weight excluding hydrogens is 496 g/mol. The molecule has 0 unspecified atom stereocenters. The predicted molar refractivity (Wildman–Crippen MR) is 137 cm³/mol. The number of ether oxygens (including phenoxy) is 1. The summed E-state index contributed by atoms with van der Waals surface area (Å²) in [6, 6.07) is -2.39. The van der Waals surface area contributed by atoms with Crippen LogP contribution in [-0.4, -0.2) is 51.8 Å². The number of aliphatic imine (C=N–C) groups is 1. The van der Waals surface area contributed by atoms with Crippen LogP contribution in [0.3, 0.4) is 0 Å². The van der Waals surface area contributed by atoms with Crippen molar-refractivity contribution in [3.8, 4) is 0 Å². The Hall–Kier alpha value is -3.28. The fourth-order valence-corrected chi connectivity index (χ4v) is 5.25. The third-order valence-corrected chi connectivity index (χ3v) is 7.39. The maximum absolute atomic E-state index is 13.3. The first-order valence-corrected chi connectivity index (χ1v) is 13.4. The Bertz CT molecular complexity index is 1200. The number of rotatable bonds is 3. The van der Waals surface area contributed by atoms with Crippen molar-refractivity contribution in [3.63, 3.8) is 0 Å². The molecule has 4 heterocycles. The summed E-state index contributed by atoms with van der Waals surface area (Å²) in [5, 5.41) is 11.2. The van der Waals surface area contributed by atoms with E-state index in [1.54, 1.807) is 12.3 Å². The van der Waals surface area contributed by atoms with Crippen molar-refractivity contribution in [3.05, 3.63) is 33.9 Å². The average molecular weight is 531 g/mol. The van der Waals surface area contributed by atoms with Crippen LogP contribution < -0.4 is 16.0 Å². The van der Waals surface area contributed by atoms with E-state index in [1.165, 1.54) is 17.6 Å². The van der Waals surface area contributed by atoms with Crippen molar-refractivity contribution < 1.29 is 23.5 Å². The molecule has 3 amide bonds. The molecule has 4 rings (SSSR count). The fourth-order valence-electron chi connectivity index (χ4n) is 4.23. The number of fused-ring (bicyclic) bond motifs is 5. The minimum Gasteiger partial charge on any atom is -0.474 e. The molecule has 0 aliphatic carbocycles. The van der Waals surface area contributed by atoms with E-state index in [0.717, 1.165) is 0 Å². The second-order valence-electron chi connectivity index (χ2n) is 10.5. The summed E-state index contributed by atoms with van der Waals surface area (Å²) in [6.45, 7) is 13.4. The van der Waals surface area contributed by atoms with Gasteiger partial charge in [-0.2, -0.15) is 0 Å². The highest BCUT2D eigenvalue weighted by molar-refractivity contribution is 7.09. The molecule has 6 bridgehead atoms. The van der Waals surface area contributed by atoms with Crippen LogP contribution in [0.25, 0.3) is 0 Å². The maximum Gasteiger partial charge on any atom is 0.273 e. The zero-order chi connectivity index (χ0) is 27.0. The number of aromatic nitrogens is 2. The maximum atomic E-state index is 13.3. The monoisotopic (exact) mass is 530 g/mol. The number of hydrogen-bond donors (Lipinski definition) is 3. The smallest absolute Gasteiger partial charge is 0.273 e. The van der Waals surface area contributed by atoms with Gasteiger partial charge < -0.3 is 25.1 Å². The molecule has 0 saturated carbocycles. The first-order valence-electron chi connectivity index (χ1n) is 12.5. The van der Waals surface area contributed by atoms with Gasteiger partial charge in [-0.15, -0.1) is 11.3 Å². The predicted octanol–water partition coefficient (Wildman–Crippen LogP) is 3.03. The molecule has 2 aromatic rings. The summed E-state index contributed by atoms with van der Waals surface area (Å²) in [6.07, 6.45) is 0.745. The Balaban J connectivity index is 1.77. The molecule has 5 atom stereocenters. The van der Waals surface area contributed by atoms with Crippen LogP contribution in [0.2, 0.25) is 0 Å². The van der Waals surface area contributed by atoms with Crippen LogP contribution in [0.4, 0.5) is 0 Å². The van der Waals surface area contributed by atoms with Gasteiger partial charge >= 0.3 is 0 Å². The lowest BCUT2D eigenvalue weighted by molar-refractivity contribution is -0.124. The Labute approximate surface area is 219 Å². The summed E-state index contributed by atoms with van der Waals surface area (Å²) >= 11 is 1.30. The SMILES string of the molecule is CC(C)[C@@H]1NC(=O)c2coc(n2)[C@@H](C(C)C)NC(=O)[C@H]2N=C(O[C@@H]2C)[C@@H](C(C)C)NC(=O)c2csc1n2. The Morgan fingerprint density at radius 1 is 0.838 bits per heavy atom. The topological polar surface area (TPSA) is 148 Å². The number of thiazole rings is 1. The fraction of sp³-hybridized carbons (Fsp3) is 0.600. The number of hydrogen-bond acceptors (Lipinski definition) is 9. The van der Waals surface area contributed by atoms with Crippen LogP contribution in [0.1, 0.15) is 92.4 Å². The zero-order valence-electron chi connectivity index (χ0n) is 22.1. The standard InChI is InChI=1S/C25H34N6O5S/c1-10(2)16-23-26-14(8-35-23)20(32)30-18(12(5)6)25-27-15(9-37-25)21(33)28-17(11(3)4)24-31-19(13(7)36-24)22(34)29-16/h8-13,16-19H,1-7H3,(H,28,33)(H,29,34)(H,30,32)/t13-,16-,17-,18+,19+/m1/s1. The van der Waals surface area contributed by atoms with E-state index in [9.17, 15) is 14.4 Å². The van der Waals surface area contributed by atoms with Gasteiger partial charge in [0.2, 0.25) is 17.7 Å². The molecule has 11 nitrogen and oxygen atoms in total. The summed E-state index contributed by atoms with van der Waals surface area (Å²) in [4.78, 5) is 53.0. The summed E-state index contributed by atoms with van der Waals surface area (Å²) in [5.74, 6) is -0.782. The van der Waals surface area contributed by atoms with Gasteiger partial charge in [0.05, 0.1) is 6.04 Å². The number of nitrogens with zero attached hydrogens (tertiary/aromatic N) is 3. The second kappa shape index (κ2) is 10.6. The van der Waals surface area contributed by atoms with Gasteiger partial charge in [-0.1, -0.05) is 41.5 Å². The van der Waals surface area contributed by atoms with Crippen LogP contribution in [0.15, 0.2) is 21.1 Å². The molecule has 0 spiro atoms. The molecule has 0 aromatic carbocycles. The summed E-state index contributed by atoms with van der Waals surface area (Å²) in [5.41, 5.74) is 0.324. The van der Waals surface area contributed by atoms with Crippen LogP contribution in [0, 0.1) is 17.8 Å². The first kappa shape index (κ1) is 26.8. The van der Waals surface area contributed by atoms with Gasteiger partial charge in [0.15, 0.2) is 11.7 Å². The van der Waals surface area contributed by atoms with Crippen molar-refractivity contribution in [2.75, 3.05) is 0 Å². The van der Waals surface area contributed by atoms with Crippen LogP contribution in [0.5, 0.6) is 0 Å². The lowest BCUT2D eigenvalue weighted by Gasteiger charge is -2.22. The molecule has 2 aliphatic rings. The van der Waals surface area contributed by atoms with Crippen molar-refractivity contribution in [2.45, 2.75) is 78.7 Å². The van der Waals surface area contributed by atoms with Gasteiger partial charge in [0.1, 0.15) is 35.2 Å². The lowest BCUT2D eigenvalue weighted by Crippen LogP contribution is -2.45. The number of nitrogens with one attached hydrogen (secondary N) is 3. The molecule has 0 saturated heterocycles. The van der Waals surface area contributed by atoms with E-state index in [1.807, 2.05) is 41.5 Å². The molecule has 0 fully saturated rings. The Morgan fingerprint density at radius 2 is 1.46 bits per heavy atom. The van der Waals surface area contributed by atoms with Crippen molar-refractivity contribution in [1.29, 1.82) is 0 Å². The summed E-state index contributed by atoms with van der Waals surface area (Å²) < 4.78 is 11.6. The van der Waals surface area contributed by atoms with E-state index in [-0.39, 0.29) is 46.8 Å². The molecular formula is C25H34N6O5S. The van der Waals surface area contributed by atoms with E-state index in [4.69, 9.17) is 9.15 Å². The Kier molecular flexibility index (Phi) is 7.67. The van der Waals surface area contributed by atoms with Gasteiger partial charge in [0.25, 0.3) is 11.8 Å². The normalized spacial score (nSPS) is 26.8.